The van der Waals surface area contributed by atoms with Crippen LogP contribution in [0, 0.1) is 0 Å². The zero-order chi connectivity index (χ0) is 0. The molecule has 0 unspecified atom stereocenters. The zero-order valence-corrected chi connectivity index (χ0v) is 7.76. The van der Waals surface area contributed by atoms with Crippen molar-refractivity contribution in [3.63, 3.8) is 0 Å². The molecular weight excluding hydrogens is 156 g/mol. The summed E-state index contributed by atoms with van der Waals surface area (Å²) >= 11 is 0. The van der Waals surface area contributed by atoms with Crippen LogP contribution in [0.3, 0.4) is 0 Å². The first-order chi connectivity index (χ1) is 0. The minimum Gasteiger partial charge on any atom is -1.00 e. The zero-order valence-electron chi connectivity index (χ0n) is 4.27. The molecule has 0 aliphatic rings. The van der Waals surface area contributed by atoms with Gasteiger partial charge in [0.25, 0.3) is 0 Å². The second-order valence-corrected chi connectivity index (χ2v) is 0. The Hall–Kier alpha value is 2.22. The molecule has 2 radical (unpaired) electrons. The molecule has 0 aliphatic heterocycles. The quantitative estimate of drug-likeness (QED) is 0.395. The summed E-state index contributed by atoms with van der Waals surface area (Å²) in [6.07, 6.45) is 0. The summed E-state index contributed by atoms with van der Waals surface area (Å²) in [7, 11) is 0. The summed E-state index contributed by atoms with van der Waals surface area (Å²) in [5, 5.41) is 0. The fraction of sp³-hybridized carbons (Fsp3) is 0. The molecule has 0 N–H and O–H groups in total. The van der Waals surface area contributed by atoms with Crippen molar-refractivity contribution in [1.29, 1.82) is 0 Å². The van der Waals surface area contributed by atoms with E-state index >= 15 is 0 Å². The first kappa shape index (κ1) is 34.4. The normalized spacial score (nSPS) is 0. The molecular formula is H4FeMgSiTi. The predicted octanol–water partition coefficient (Wildman–Crippen LogP) is -1.08. The van der Waals surface area contributed by atoms with Crippen molar-refractivity contribution < 1.29 is 41.6 Å². The van der Waals surface area contributed by atoms with Gasteiger partial charge in [-0.25, -0.2) is 0 Å². The van der Waals surface area contributed by atoms with Gasteiger partial charge in [-0.15, -0.1) is 0 Å². The molecule has 0 fully saturated rings. The van der Waals surface area contributed by atoms with Gasteiger partial charge in [0, 0.05) is 38.8 Å². The van der Waals surface area contributed by atoms with Crippen LogP contribution in [-0.4, -0.2) is 34.0 Å². The summed E-state index contributed by atoms with van der Waals surface area (Å²) in [5.74, 6) is 0. The minimum atomic E-state index is 0. The molecule has 0 spiro atoms. The second kappa shape index (κ2) is 18.9. The molecule has 0 nitrogen and oxygen atoms in total. The topological polar surface area (TPSA) is 0 Å². The first-order valence-corrected chi connectivity index (χ1v) is 0. The third-order valence-electron chi connectivity index (χ3n) is 0. The monoisotopic (exact) mass is 160 g/mol. The van der Waals surface area contributed by atoms with Crippen LogP contribution >= 0.6 is 0 Å². The Morgan fingerprint density at radius 3 is 1.25 bits per heavy atom. The van der Waals surface area contributed by atoms with E-state index in [1.54, 1.807) is 0 Å². The van der Waals surface area contributed by atoms with Crippen LogP contribution in [0.2, 0.25) is 0 Å². The second-order valence-electron chi connectivity index (χ2n) is 0. The molecule has 0 atom stereocenters. The minimum absolute atomic E-state index is 0. The third-order valence-corrected chi connectivity index (χ3v) is 0. The molecule has 0 heterocycles. The van der Waals surface area contributed by atoms with Gasteiger partial charge in [-0.1, -0.05) is 0 Å². The Morgan fingerprint density at radius 2 is 1.25 bits per heavy atom. The summed E-state index contributed by atoms with van der Waals surface area (Å²) in [4.78, 5) is 0. The van der Waals surface area contributed by atoms with Crippen molar-refractivity contribution in [1.82, 2.24) is 0 Å². The molecule has 4 heteroatoms. The molecule has 0 aromatic rings. The van der Waals surface area contributed by atoms with E-state index in [0.717, 1.165) is 0 Å². The van der Waals surface area contributed by atoms with Gasteiger partial charge in [0.1, 0.15) is 0 Å². The van der Waals surface area contributed by atoms with Gasteiger partial charge in [0.2, 0.25) is 0 Å². The summed E-state index contributed by atoms with van der Waals surface area (Å²) in [6, 6.07) is 0. The average Bonchev–Trinajstić information content (AvgIpc) is 0. The maximum Gasteiger partial charge on any atom is 2.00 e. The van der Waals surface area contributed by atoms with E-state index in [1.807, 2.05) is 0 Å². The Bertz CT molecular complexity index is 13.5. The van der Waals surface area contributed by atoms with E-state index < -0.39 is 0 Å². The fourth-order valence-electron chi connectivity index (χ4n) is 0. The Labute approximate surface area is 75.0 Å². The van der Waals surface area contributed by atoms with E-state index in [-0.39, 0.29) is 75.7 Å². The van der Waals surface area contributed by atoms with Gasteiger partial charge in [0.05, 0.1) is 0 Å². The van der Waals surface area contributed by atoms with Crippen LogP contribution in [0.15, 0.2) is 0 Å². The van der Waals surface area contributed by atoms with Crippen molar-refractivity contribution in [2.45, 2.75) is 0 Å². The average molecular weight is 160 g/mol. The Morgan fingerprint density at radius 1 is 1.25 bits per heavy atom. The fourth-order valence-corrected chi connectivity index (χ4v) is 0. The smallest absolute Gasteiger partial charge is 1.00 e. The number of rotatable bonds is 0. The third kappa shape index (κ3) is 8.88. The molecule has 0 saturated carbocycles. The standard InChI is InChI=1S/Fe.Mg.H2Si.Ti.2H/h;;1H2;;;/q;+2;;;2*-1. The maximum absolute atomic E-state index is 0. The van der Waals surface area contributed by atoms with Gasteiger partial charge in [-0.05, 0) is 11.0 Å². The van der Waals surface area contributed by atoms with Crippen LogP contribution < -0.4 is 0 Å². The van der Waals surface area contributed by atoms with Gasteiger partial charge < -0.3 is 2.85 Å². The van der Waals surface area contributed by atoms with Crippen molar-refractivity contribution in [2.24, 2.45) is 0 Å². The van der Waals surface area contributed by atoms with Crippen LogP contribution in [-0.2, 0) is 38.8 Å². The van der Waals surface area contributed by atoms with Gasteiger partial charge in [-0.3, -0.25) is 0 Å². The molecule has 0 bridgehead atoms. The van der Waals surface area contributed by atoms with Crippen molar-refractivity contribution >= 4 is 34.0 Å². The van der Waals surface area contributed by atoms with Gasteiger partial charge >= 0.3 is 23.1 Å². The number of hydrogen-bond donors (Lipinski definition) is 0. The van der Waals surface area contributed by atoms with E-state index in [9.17, 15) is 0 Å². The SMILES string of the molecule is [Fe].[H-].[H-].[Mg+2].[SiH2].[Ti]. The molecule has 0 rings (SSSR count). The maximum atomic E-state index is 0. The van der Waals surface area contributed by atoms with Crippen molar-refractivity contribution in [3.8, 4) is 0 Å². The van der Waals surface area contributed by atoms with Crippen LogP contribution in [0.1, 0.15) is 2.85 Å². The summed E-state index contributed by atoms with van der Waals surface area (Å²) in [6.45, 7) is 0. The van der Waals surface area contributed by atoms with Crippen LogP contribution in [0.5, 0.6) is 0 Å². The van der Waals surface area contributed by atoms with Crippen LogP contribution in [0.4, 0.5) is 0 Å². The van der Waals surface area contributed by atoms with E-state index in [0.29, 0.717) is 0 Å². The molecule has 22 valence electrons. The summed E-state index contributed by atoms with van der Waals surface area (Å²) in [5.41, 5.74) is 0. The largest absolute Gasteiger partial charge is 2.00 e. The predicted molar refractivity (Wildman–Crippen MR) is 16.5 cm³/mol. The van der Waals surface area contributed by atoms with E-state index in [1.165, 1.54) is 0 Å². The van der Waals surface area contributed by atoms with Gasteiger partial charge in [0.15, 0.2) is 0 Å². The molecule has 4 heavy (non-hydrogen) atoms. The van der Waals surface area contributed by atoms with Crippen molar-refractivity contribution in [2.75, 3.05) is 0 Å². The van der Waals surface area contributed by atoms with Gasteiger partial charge in [-0.2, -0.15) is 0 Å². The Kier molecular flexibility index (Phi) is 162. The first-order valence-electron chi connectivity index (χ1n) is 0. The molecule has 0 aromatic carbocycles. The van der Waals surface area contributed by atoms with Crippen LogP contribution in [0.25, 0.3) is 0 Å². The summed E-state index contributed by atoms with van der Waals surface area (Å²) < 4.78 is 0. The molecule has 0 saturated heterocycles. The Balaban J connectivity index is 0. The number of hydrogen-bond acceptors (Lipinski definition) is 0. The molecule has 0 aromatic heterocycles. The molecule has 0 amide bonds. The van der Waals surface area contributed by atoms with Crippen molar-refractivity contribution in [3.05, 3.63) is 0 Å². The van der Waals surface area contributed by atoms with E-state index in [2.05, 4.69) is 0 Å². The van der Waals surface area contributed by atoms with E-state index in [4.69, 9.17) is 0 Å². The molecule has 0 aliphatic carbocycles.